The zero-order chi connectivity index (χ0) is 19.6. The lowest BCUT2D eigenvalue weighted by Gasteiger charge is -2.30. The highest BCUT2D eigenvalue weighted by molar-refractivity contribution is 6.15. The van der Waals surface area contributed by atoms with Crippen molar-refractivity contribution in [1.29, 1.82) is 0 Å². The first-order chi connectivity index (χ1) is 14.3. The molecule has 2 nitrogen and oxygen atoms in total. The lowest BCUT2D eigenvalue weighted by molar-refractivity contribution is -0.822. The van der Waals surface area contributed by atoms with Crippen molar-refractivity contribution in [2.24, 2.45) is 0 Å². The highest BCUT2D eigenvalue weighted by Crippen LogP contribution is 2.40. The van der Waals surface area contributed by atoms with Crippen LogP contribution in [0.1, 0.15) is 32.3 Å². The predicted molar refractivity (Wildman–Crippen MR) is 120 cm³/mol. The minimum atomic E-state index is 0.111. The van der Waals surface area contributed by atoms with Gasteiger partial charge in [-0.15, -0.1) is 9.20 Å². The van der Waals surface area contributed by atoms with E-state index in [4.69, 9.17) is 0 Å². The fourth-order valence-corrected chi connectivity index (χ4v) is 5.51. The largest absolute Gasteiger partial charge is 0.205 e. The number of nitrogens with zero attached hydrogens (tertiary/aromatic N) is 2. The van der Waals surface area contributed by atoms with E-state index >= 15 is 0 Å². The molecule has 1 aliphatic rings. The Labute approximate surface area is 171 Å². The Kier molecular flexibility index (Phi) is 3.44. The van der Waals surface area contributed by atoms with Crippen LogP contribution in [0.15, 0.2) is 79.0 Å². The molecule has 0 N–H and O–H groups in total. The molecule has 6 rings (SSSR count). The van der Waals surface area contributed by atoms with E-state index in [2.05, 4.69) is 102 Å². The summed E-state index contributed by atoms with van der Waals surface area (Å²) in [6.45, 7) is 4.68. The average Bonchev–Trinajstić information content (AvgIpc) is 3.21. The summed E-state index contributed by atoms with van der Waals surface area (Å²) in [6, 6.07) is 26.6. The first-order valence-electron chi connectivity index (χ1n) is 10.7. The van der Waals surface area contributed by atoms with Gasteiger partial charge >= 0.3 is 0 Å². The molecule has 0 atom stereocenters. The van der Waals surface area contributed by atoms with Gasteiger partial charge in [0, 0.05) is 30.0 Å². The van der Waals surface area contributed by atoms with Crippen LogP contribution in [-0.4, -0.2) is 4.52 Å². The van der Waals surface area contributed by atoms with Gasteiger partial charge in [-0.1, -0.05) is 86.6 Å². The van der Waals surface area contributed by atoms with Gasteiger partial charge < -0.3 is 0 Å². The number of hydrogen-bond acceptors (Lipinski definition) is 0. The maximum absolute atomic E-state index is 2.56. The van der Waals surface area contributed by atoms with Gasteiger partial charge in [0.15, 0.2) is 5.54 Å². The summed E-state index contributed by atoms with van der Waals surface area (Å²) in [5.41, 5.74) is 6.90. The van der Waals surface area contributed by atoms with E-state index < -0.39 is 0 Å². The van der Waals surface area contributed by atoms with Gasteiger partial charge in [0.2, 0.25) is 6.20 Å². The van der Waals surface area contributed by atoms with E-state index in [-0.39, 0.29) is 5.54 Å². The van der Waals surface area contributed by atoms with Crippen molar-refractivity contribution in [3.05, 3.63) is 84.6 Å². The standard InChI is InChI=1S/C27H25N2/c1-3-27(4-2)17-20-13-10-16-22-21-14-8-9-15-23(21)26-24(19-11-6-5-7-12-19)18-28(27)29(26)25(20)22/h5-16,18H,3-4,17H2,1-2H3/q+1. The van der Waals surface area contributed by atoms with Crippen molar-refractivity contribution in [1.82, 2.24) is 4.52 Å². The molecular weight excluding hydrogens is 352 g/mol. The SMILES string of the molecule is CCC1(CC)Cc2cccc3c4ccccc4c4c(-c5ccccc5)c[n+]1n4c23. The number of fused-ring (bicyclic) bond motifs is 3. The van der Waals surface area contributed by atoms with E-state index in [1.165, 1.54) is 43.9 Å². The molecule has 0 fully saturated rings. The van der Waals surface area contributed by atoms with Crippen molar-refractivity contribution in [3.63, 3.8) is 0 Å². The fourth-order valence-electron chi connectivity index (χ4n) is 5.51. The normalized spacial score (nSPS) is 15.0. The quantitative estimate of drug-likeness (QED) is 0.259. The molecule has 0 radical (unpaired) electrons. The summed E-state index contributed by atoms with van der Waals surface area (Å²) < 4.78 is 5.10. The molecule has 0 unspecified atom stereocenters. The van der Waals surface area contributed by atoms with E-state index in [1.807, 2.05) is 0 Å². The first kappa shape index (κ1) is 16.8. The molecule has 2 heteroatoms. The van der Waals surface area contributed by atoms with Crippen LogP contribution in [0.3, 0.4) is 0 Å². The van der Waals surface area contributed by atoms with Crippen molar-refractivity contribution < 1.29 is 4.68 Å². The maximum atomic E-state index is 2.56. The molecule has 3 heterocycles. The van der Waals surface area contributed by atoms with Crippen LogP contribution in [0.5, 0.6) is 0 Å². The van der Waals surface area contributed by atoms with E-state index in [9.17, 15) is 0 Å². The molecular formula is C27H25N2+. The lowest BCUT2D eigenvalue weighted by atomic mass is 9.83. The van der Waals surface area contributed by atoms with Gasteiger partial charge in [-0.3, -0.25) is 0 Å². The number of aromatic nitrogens is 2. The third-order valence-corrected chi connectivity index (χ3v) is 7.14. The Bertz CT molecular complexity index is 1390. The van der Waals surface area contributed by atoms with Crippen LogP contribution in [0.25, 0.3) is 38.3 Å². The summed E-state index contributed by atoms with van der Waals surface area (Å²) in [5.74, 6) is 0. The topological polar surface area (TPSA) is 8.29 Å². The smallest absolute Gasteiger partial charge is 0.118 e. The molecule has 0 bridgehead atoms. The second kappa shape index (κ2) is 5.93. The Hall–Kier alpha value is -3.13. The van der Waals surface area contributed by atoms with Crippen molar-refractivity contribution >= 4 is 27.2 Å². The molecule has 3 aromatic carbocycles. The minimum absolute atomic E-state index is 0.111. The fraction of sp³-hybridized carbons (Fsp3) is 0.222. The second-order valence-corrected chi connectivity index (χ2v) is 8.38. The second-order valence-electron chi connectivity index (χ2n) is 8.38. The van der Waals surface area contributed by atoms with Gasteiger partial charge in [-0.2, -0.15) is 0 Å². The van der Waals surface area contributed by atoms with Gasteiger partial charge in [-0.25, -0.2) is 0 Å². The predicted octanol–water partition coefficient (Wildman–Crippen LogP) is 6.27. The van der Waals surface area contributed by atoms with E-state index in [0.717, 1.165) is 19.3 Å². The number of hydrogen-bond donors (Lipinski definition) is 0. The minimum Gasteiger partial charge on any atom is -0.118 e. The van der Waals surface area contributed by atoms with Crippen LogP contribution in [0.2, 0.25) is 0 Å². The molecule has 1 aliphatic heterocycles. The zero-order valence-electron chi connectivity index (χ0n) is 17.0. The van der Waals surface area contributed by atoms with Gasteiger partial charge in [0.05, 0.1) is 5.56 Å². The molecule has 5 aromatic rings. The molecule has 0 saturated heterocycles. The van der Waals surface area contributed by atoms with Crippen LogP contribution in [0, 0.1) is 0 Å². The molecule has 0 amide bonds. The van der Waals surface area contributed by atoms with Gasteiger partial charge in [0.25, 0.3) is 0 Å². The summed E-state index contributed by atoms with van der Waals surface area (Å²) in [4.78, 5) is 0. The summed E-state index contributed by atoms with van der Waals surface area (Å²) in [7, 11) is 0. The van der Waals surface area contributed by atoms with Crippen LogP contribution in [-0.2, 0) is 12.0 Å². The lowest BCUT2D eigenvalue weighted by Crippen LogP contribution is -2.62. The number of rotatable bonds is 3. The van der Waals surface area contributed by atoms with Gasteiger partial charge in [0.1, 0.15) is 11.0 Å². The third-order valence-electron chi connectivity index (χ3n) is 7.14. The van der Waals surface area contributed by atoms with E-state index in [0.29, 0.717) is 0 Å². The Balaban J connectivity index is 1.93. The average molecular weight is 378 g/mol. The maximum Gasteiger partial charge on any atom is 0.205 e. The number of benzene rings is 3. The highest BCUT2D eigenvalue weighted by atomic mass is 15.4. The molecule has 2 aromatic heterocycles. The molecule has 0 saturated carbocycles. The number of pyridine rings is 1. The van der Waals surface area contributed by atoms with Crippen LogP contribution in [0.4, 0.5) is 0 Å². The summed E-state index contributed by atoms with van der Waals surface area (Å²) in [6.07, 6.45) is 5.75. The zero-order valence-corrected chi connectivity index (χ0v) is 17.0. The van der Waals surface area contributed by atoms with Crippen LogP contribution >= 0.6 is 0 Å². The third kappa shape index (κ3) is 2.09. The summed E-state index contributed by atoms with van der Waals surface area (Å²) in [5, 5.41) is 4.04. The Morgan fingerprint density at radius 2 is 1.41 bits per heavy atom. The number of para-hydroxylation sites is 1. The Morgan fingerprint density at radius 3 is 2.17 bits per heavy atom. The van der Waals surface area contributed by atoms with Crippen molar-refractivity contribution in [3.8, 4) is 11.1 Å². The first-order valence-corrected chi connectivity index (χ1v) is 10.7. The highest BCUT2D eigenvalue weighted by Gasteiger charge is 2.44. The Morgan fingerprint density at radius 1 is 0.759 bits per heavy atom. The van der Waals surface area contributed by atoms with Crippen molar-refractivity contribution in [2.45, 2.75) is 38.6 Å². The van der Waals surface area contributed by atoms with E-state index in [1.54, 1.807) is 0 Å². The molecule has 29 heavy (non-hydrogen) atoms. The van der Waals surface area contributed by atoms with Crippen molar-refractivity contribution in [2.75, 3.05) is 0 Å². The molecule has 0 aliphatic carbocycles. The van der Waals surface area contributed by atoms with Gasteiger partial charge in [-0.05, 0) is 16.5 Å². The molecule has 0 spiro atoms. The summed E-state index contributed by atoms with van der Waals surface area (Å²) >= 11 is 0. The monoisotopic (exact) mass is 377 g/mol. The van der Waals surface area contributed by atoms with Crippen LogP contribution < -0.4 is 4.68 Å². The molecule has 142 valence electrons.